The topological polar surface area (TPSA) is 57.7 Å². The van der Waals surface area contributed by atoms with Crippen molar-refractivity contribution in [2.24, 2.45) is 0 Å². The fraction of sp³-hybridized carbons (Fsp3) is 0.421. The molecule has 0 radical (unpaired) electrons. The number of thiazole rings is 1. The normalized spacial score (nSPS) is 17.0. The number of aromatic nitrogens is 1. The molecule has 1 aliphatic carbocycles. The fourth-order valence-corrected chi connectivity index (χ4v) is 6.61. The highest BCUT2D eigenvalue weighted by atomic mass is 32.1. The fourth-order valence-electron chi connectivity index (χ4n) is 5.47. The molecule has 1 saturated heterocycles. The zero-order valence-electron chi connectivity index (χ0n) is 27.9. The Morgan fingerprint density at radius 1 is 1.22 bits per heavy atom. The van der Waals surface area contributed by atoms with Crippen molar-refractivity contribution in [2.75, 3.05) is 40.3 Å². The number of rotatable bonds is 9. The molecule has 1 fully saturated rings. The van der Waals surface area contributed by atoms with Crippen LogP contribution in [0.5, 0.6) is 0 Å². The highest BCUT2D eigenvalue weighted by Crippen LogP contribution is 2.35. The van der Waals surface area contributed by atoms with Gasteiger partial charge < -0.3 is 19.9 Å². The highest BCUT2D eigenvalue weighted by Gasteiger charge is 2.28. The largest absolute Gasteiger partial charge is 0.495 e. The Bertz CT molecular complexity index is 1460. The van der Waals surface area contributed by atoms with Gasteiger partial charge in [0.25, 0.3) is 5.91 Å². The second kappa shape index (κ2) is 18.8. The van der Waals surface area contributed by atoms with E-state index >= 15 is 0 Å². The summed E-state index contributed by atoms with van der Waals surface area (Å²) in [4.78, 5) is 22.1. The Morgan fingerprint density at radius 3 is 2.64 bits per heavy atom. The number of methoxy groups -OCH3 is 1. The van der Waals surface area contributed by atoms with E-state index in [0.717, 1.165) is 72.7 Å². The van der Waals surface area contributed by atoms with Crippen LogP contribution in [0.15, 0.2) is 95.1 Å². The molecular formula is C38H50N4O2S. The average molecular weight is 627 g/mol. The lowest BCUT2D eigenvalue weighted by Gasteiger charge is -2.33. The first-order valence-electron chi connectivity index (χ1n) is 16.2. The standard InChI is InChI=1S/C27H32N4O2S.C9H12.C2H6/c1-28-26(32)21-18-31(23-17-20(21)7-5-9-24(23)33-2)14-6-13-30-15-11-19(12-16-30)27-29-22-8-3-4-10-25(22)34-27;1-4-6-7-8-9(3)5-2;1-2/h3-5,7-10,18-19H,6,11-17H2,1-2H3,(H,28,32);2,6-8H,4H2,1,3H3;1-2H3/b;7-6-,9-8-;. The van der Waals surface area contributed by atoms with Crippen LogP contribution in [-0.2, 0) is 9.53 Å². The average Bonchev–Trinajstić information content (AvgIpc) is 3.44. The Kier molecular flexibility index (Phi) is 14.9. The van der Waals surface area contributed by atoms with E-state index < -0.39 is 0 Å². The number of terminal acetylenes is 1. The van der Waals surface area contributed by atoms with Gasteiger partial charge in [-0.25, -0.2) is 4.98 Å². The van der Waals surface area contributed by atoms with Crippen molar-refractivity contribution in [1.29, 1.82) is 0 Å². The van der Waals surface area contributed by atoms with Gasteiger partial charge in [0.15, 0.2) is 0 Å². The smallest absolute Gasteiger partial charge is 0.252 e. The zero-order valence-corrected chi connectivity index (χ0v) is 28.8. The Hall–Kier alpha value is -3.86. The summed E-state index contributed by atoms with van der Waals surface area (Å²) in [7, 11) is 3.40. The molecule has 0 saturated carbocycles. The van der Waals surface area contributed by atoms with Crippen LogP contribution in [0.1, 0.15) is 70.7 Å². The molecule has 2 bridgehead atoms. The molecule has 0 unspecified atom stereocenters. The van der Waals surface area contributed by atoms with Crippen molar-refractivity contribution in [1.82, 2.24) is 20.1 Å². The molecule has 0 spiro atoms. The number of nitrogens with zero attached hydrogens (tertiary/aromatic N) is 3. The van der Waals surface area contributed by atoms with Gasteiger partial charge in [-0.3, -0.25) is 4.79 Å². The maximum atomic E-state index is 12.5. The molecule has 0 atom stereocenters. The van der Waals surface area contributed by atoms with Crippen LogP contribution in [0.3, 0.4) is 0 Å². The molecule has 5 rings (SSSR count). The van der Waals surface area contributed by atoms with Crippen LogP contribution >= 0.6 is 11.3 Å². The molecule has 45 heavy (non-hydrogen) atoms. The molecule has 2 aromatic rings. The predicted molar refractivity (Wildman–Crippen MR) is 191 cm³/mol. The van der Waals surface area contributed by atoms with Crippen LogP contribution < -0.4 is 5.32 Å². The number of para-hydroxylation sites is 1. The molecule has 1 amide bonds. The van der Waals surface area contributed by atoms with Crippen molar-refractivity contribution in [2.45, 2.75) is 65.7 Å². The molecule has 3 heterocycles. The number of amides is 1. The lowest BCUT2D eigenvalue weighted by molar-refractivity contribution is -0.116. The Balaban J connectivity index is 0.000000435. The predicted octanol–water partition coefficient (Wildman–Crippen LogP) is 8.11. The lowest BCUT2D eigenvalue weighted by Crippen LogP contribution is -2.36. The number of allylic oxidation sites excluding steroid dienone is 8. The summed E-state index contributed by atoms with van der Waals surface area (Å²) in [6.45, 7) is 12.2. The van der Waals surface area contributed by atoms with Gasteiger partial charge in [0.2, 0.25) is 0 Å². The third-order valence-electron chi connectivity index (χ3n) is 7.92. The van der Waals surface area contributed by atoms with E-state index in [2.05, 4.69) is 58.3 Å². The minimum absolute atomic E-state index is 0.0403. The van der Waals surface area contributed by atoms with Crippen molar-refractivity contribution < 1.29 is 9.53 Å². The number of ether oxygens (including phenoxy) is 1. The molecule has 1 N–H and O–H groups in total. The van der Waals surface area contributed by atoms with Gasteiger partial charge in [-0.15, -0.1) is 17.8 Å². The van der Waals surface area contributed by atoms with Gasteiger partial charge in [0.1, 0.15) is 5.76 Å². The number of hydrogen-bond donors (Lipinski definition) is 1. The van der Waals surface area contributed by atoms with E-state index in [9.17, 15) is 4.79 Å². The number of carbonyl (C=O) groups is 1. The van der Waals surface area contributed by atoms with Crippen LogP contribution in [0.2, 0.25) is 0 Å². The summed E-state index contributed by atoms with van der Waals surface area (Å²) in [5.74, 6) is 3.94. The first-order chi connectivity index (χ1) is 22.0. The van der Waals surface area contributed by atoms with Crippen molar-refractivity contribution in [3.8, 4) is 12.3 Å². The minimum atomic E-state index is -0.0403. The summed E-state index contributed by atoms with van der Waals surface area (Å²) < 4.78 is 6.95. The summed E-state index contributed by atoms with van der Waals surface area (Å²) in [5, 5.41) is 4.08. The quantitative estimate of drug-likeness (QED) is 0.225. The van der Waals surface area contributed by atoms with Crippen molar-refractivity contribution in [3.05, 3.63) is 100 Å². The van der Waals surface area contributed by atoms with Gasteiger partial charge in [0.05, 0.1) is 33.6 Å². The Labute approximate surface area is 274 Å². The molecule has 3 aliphatic rings. The third kappa shape index (κ3) is 10.1. The number of nitrogens with one attached hydrogen (secondary N) is 1. The van der Waals surface area contributed by atoms with Crippen LogP contribution in [0.4, 0.5) is 0 Å². The van der Waals surface area contributed by atoms with Crippen molar-refractivity contribution >= 4 is 27.5 Å². The molecule has 6 nitrogen and oxygen atoms in total. The first-order valence-corrected chi connectivity index (χ1v) is 17.0. The lowest BCUT2D eigenvalue weighted by atomic mass is 9.96. The molecule has 7 heteroatoms. The number of fused-ring (bicyclic) bond motifs is 3. The van der Waals surface area contributed by atoms with Gasteiger partial charge in [-0.1, -0.05) is 69.2 Å². The number of carbonyl (C=O) groups excluding carboxylic acids is 1. The second-order valence-corrected chi connectivity index (χ2v) is 11.9. The van der Waals surface area contributed by atoms with E-state index in [0.29, 0.717) is 12.3 Å². The minimum Gasteiger partial charge on any atom is -0.495 e. The van der Waals surface area contributed by atoms with E-state index in [-0.39, 0.29) is 5.91 Å². The van der Waals surface area contributed by atoms with Crippen LogP contribution in [0.25, 0.3) is 10.2 Å². The summed E-state index contributed by atoms with van der Waals surface area (Å²) in [6, 6.07) is 8.44. The molecule has 1 aromatic carbocycles. The summed E-state index contributed by atoms with van der Waals surface area (Å²) in [5.41, 5.74) is 5.01. The SMILES string of the molecule is C#C/C(C)=C\C=C/CC.CC.CNC(=O)C1=CN(CCCN2CCC(c3nc4ccccc4s3)CC2)C2=C(OC)C=CC=C1C2. The summed E-state index contributed by atoms with van der Waals surface area (Å²) >= 11 is 1.86. The molecule has 2 aliphatic heterocycles. The molecule has 1 aromatic heterocycles. The van der Waals surface area contributed by atoms with Crippen molar-refractivity contribution in [3.63, 3.8) is 0 Å². The van der Waals surface area contributed by atoms with E-state index in [1.807, 2.05) is 68.7 Å². The number of hydrogen-bond acceptors (Lipinski definition) is 6. The number of likely N-dealkylation sites (tertiary alicyclic amines) is 1. The van der Waals surface area contributed by atoms with Crippen LogP contribution in [-0.4, -0.2) is 61.0 Å². The maximum absolute atomic E-state index is 12.5. The van der Waals surface area contributed by atoms with E-state index in [1.54, 1.807) is 14.2 Å². The van der Waals surface area contributed by atoms with Gasteiger partial charge >= 0.3 is 0 Å². The van der Waals surface area contributed by atoms with E-state index in [4.69, 9.17) is 16.1 Å². The third-order valence-corrected chi connectivity index (χ3v) is 9.12. The monoisotopic (exact) mass is 626 g/mol. The maximum Gasteiger partial charge on any atom is 0.252 e. The number of piperidine rings is 1. The van der Waals surface area contributed by atoms with Gasteiger partial charge in [-0.05, 0) is 81.6 Å². The zero-order chi connectivity index (χ0) is 32.6. The molecule has 240 valence electrons. The van der Waals surface area contributed by atoms with E-state index in [1.165, 1.54) is 22.5 Å². The van der Waals surface area contributed by atoms with Crippen LogP contribution in [0, 0.1) is 12.3 Å². The second-order valence-electron chi connectivity index (χ2n) is 10.9. The van der Waals surface area contributed by atoms with Gasteiger partial charge in [0, 0.05) is 32.1 Å². The molecular weight excluding hydrogens is 577 g/mol. The summed E-state index contributed by atoms with van der Waals surface area (Å²) in [6.07, 6.45) is 24.2. The first kappa shape index (κ1) is 35.6. The Morgan fingerprint density at radius 2 is 1.98 bits per heavy atom. The number of benzene rings is 1. The number of likely N-dealkylation sites (N-methyl/N-ethyl adjacent to an activating group) is 1. The van der Waals surface area contributed by atoms with Gasteiger partial charge in [-0.2, -0.15) is 0 Å². The highest BCUT2D eigenvalue weighted by molar-refractivity contribution is 7.18.